The molecule has 0 aromatic heterocycles. The van der Waals surface area contributed by atoms with Crippen LogP contribution in [0.3, 0.4) is 0 Å². The molecule has 0 aromatic rings. The third-order valence-corrected chi connectivity index (χ3v) is 7.09. The summed E-state index contributed by atoms with van der Waals surface area (Å²) in [7, 11) is 0. The van der Waals surface area contributed by atoms with Gasteiger partial charge in [-0.2, -0.15) is 0 Å². The van der Waals surface area contributed by atoms with Gasteiger partial charge in [-0.15, -0.1) is 0 Å². The third kappa shape index (κ3) is 11.5. The Balaban J connectivity index is 4.67. The maximum Gasteiger partial charge on any atom is 0.178 e. The number of ketones is 1. The van der Waals surface area contributed by atoms with Crippen molar-refractivity contribution in [2.75, 3.05) is 6.61 Å². The molecule has 0 heterocycles. The van der Waals surface area contributed by atoms with Crippen molar-refractivity contribution >= 4 is 23.7 Å². The van der Waals surface area contributed by atoms with Gasteiger partial charge in [0.1, 0.15) is 17.1 Å². The highest BCUT2D eigenvalue weighted by Crippen LogP contribution is 2.41. The molecule has 0 aliphatic heterocycles. The first-order chi connectivity index (χ1) is 17.5. The van der Waals surface area contributed by atoms with Gasteiger partial charge in [-0.1, -0.05) is 110 Å². The number of aliphatic carboxylic acids is 3. The molecule has 0 rings (SSSR count). The molecule has 0 saturated heterocycles. The fourth-order valence-electron chi connectivity index (χ4n) is 4.82. The van der Waals surface area contributed by atoms with Crippen LogP contribution < -0.4 is 15.3 Å². The minimum atomic E-state index is -3.74. The molecule has 0 amide bonds. The first-order valence-corrected chi connectivity index (χ1v) is 13.7. The molecule has 0 aromatic carbocycles. The fraction of sp³-hybridized carbons (Fsp3) is 0.852. The molecule has 37 heavy (non-hydrogen) atoms. The smallest absolute Gasteiger partial charge is 0.178 e. The Bertz CT molecular complexity index is 695. The number of carboxylic acids is 3. The van der Waals surface area contributed by atoms with E-state index in [0.717, 1.165) is 25.7 Å². The molecule has 3 N–H and O–H groups in total. The summed E-state index contributed by atoms with van der Waals surface area (Å²) in [4.78, 5) is 47.4. The topological polar surface area (TPSA) is 198 Å². The zero-order chi connectivity index (χ0) is 28.3. The van der Waals surface area contributed by atoms with E-state index in [4.69, 9.17) is 5.11 Å². The Hall–Kier alpha value is -2.04. The van der Waals surface area contributed by atoms with E-state index in [1.807, 2.05) is 0 Å². The van der Waals surface area contributed by atoms with E-state index in [-0.39, 0.29) is 6.42 Å². The van der Waals surface area contributed by atoms with E-state index in [9.17, 15) is 44.7 Å². The van der Waals surface area contributed by atoms with E-state index in [2.05, 4.69) is 6.92 Å². The zero-order valence-corrected chi connectivity index (χ0v) is 22.2. The fourth-order valence-corrected chi connectivity index (χ4v) is 4.82. The van der Waals surface area contributed by atoms with Crippen LogP contribution in [0.15, 0.2) is 0 Å². The first-order valence-electron chi connectivity index (χ1n) is 13.7. The second kappa shape index (κ2) is 19.1. The quantitative estimate of drug-likeness (QED) is 0.106. The molecule has 216 valence electrons. The lowest BCUT2D eigenvalue weighted by Crippen LogP contribution is -2.71. The molecule has 0 aliphatic carbocycles. The van der Waals surface area contributed by atoms with Gasteiger partial charge >= 0.3 is 0 Å². The highest BCUT2D eigenvalue weighted by Gasteiger charge is 2.58. The first kappa shape index (κ1) is 35.0. The number of hydrogen-bond acceptors (Lipinski definition) is 10. The molecule has 0 bridgehead atoms. The summed E-state index contributed by atoms with van der Waals surface area (Å²) in [5.41, 5.74) is -7.09. The molecular formula is C27H45O10-3. The summed E-state index contributed by atoms with van der Waals surface area (Å²) in [5.74, 6) is -8.81. The van der Waals surface area contributed by atoms with Gasteiger partial charge in [0.15, 0.2) is 5.78 Å². The van der Waals surface area contributed by atoms with Crippen LogP contribution in [0.2, 0.25) is 0 Å². The number of unbranched alkanes of at least 4 members (excludes halogenated alkanes) is 15. The lowest BCUT2D eigenvalue weighted by molar-refractivity contribution is -0.354. The molecule has 0 spiro atoms. The SMILES string of the molecule is CCCCCCCCCCCCCCCCCCC(C(=O)[O-])(C(=O)C(O)CO)C(O)(CC(=O)[O-])C(=O)[O-]. The highest BCUT2D eigenvalue weighted by atomic mass is 16.4. The van der Waals surface area contributed by atoms with Crippen molar-refractivity contribution in [3.63, 3.8) is 0 Å². The lowest BCUT2D eigenvalue weighted by Gasteiger charge is -2.48. The van der Waals surface area contributed by atoms with Crippen LogP contribution in [0.1, 0.15) is 122 Å². The summed E-state index contributed by atoms with van der Waals surface area (Å²) < 4.78 is 0. The highest BCUT2D eigenvalue weighted by molar-refractivity contribution is 6.10. The average Bonchev–Trinajstić information content (AvgIpc) is 2.84. The minimum absolute atomic E-state index is 0.0707. The second-order valence-corrected chi connectivity index (χ2v) is 10.0. The number of carbonyl (C=O) groups excluding carboxylic acids is 4. The number of aliphatic hydroxyl groups excluding tert-OH is 2. The van der Waals surface area contributed by atoms with Crippen LogP contribution in [0.25, 0.3) is 0 Å². The van der Waals surface area contributed by atoms with Gasteiger partial charge in [0.05, 0.1) is 18.5 Å². The zero-order valence-electron chi connectivity index (χ0n) is 22.2. The number of carbonyl (C=O) groups is 4. The molecule has 3 atom stereocenters. The molecule has 10 heteroatoms. The maximum absolute atomic E-state index is 12.7. The summed E-state index contributed by atoms with van der Waals surface area (Å²) in [6.45, 7) is 0.945. The molecule has 0 saturated carbocycles. The van der Waals surface area contributed by atoms with Crippen LogP contribution in [0.5, 0.6) is 0 Å². The van der Waals surface area contributed by atoms with Crippen molar-refractivity contribution in [2.24, 2.45) is 5.41 Å². The largest absolute Gasteiger partial charge is 0.550 e. The van der Waals surface area contributed by atoms with Gasteiger partial charge in [-0.05, 0) is 6.42 Å². The Morgan fingerprint density at radius 1 is 0.676 bits per heavy atom. The van der Waals surface area contributed by atoms with E-state index in [0.29, 0.717) is 12.8 Å². The minimum Gasteiger partial charge on any atom is -0.550 e. The van der Waals surface area contributed by atoms with Crippen molar-refractivity contribution < 1.29 is 49.8 Å². The molecular weight excluding hydrogens is 484 g/mol. The van der Waals surface area contributed by atoms with E-state index in [1.54, 1.807) is 0 Å². The number of Topliss-reactive ketones (excluding diaryl/α,β-unsaturated/α-hetero) is 1. The third-order valence-electron chi connectivity index (χ3n) is 7.09. The monoisotopic (exact) mass is 529 g/mol. The average molecular weight is 530 g/mol. The maximum atomic E-state index is 12.7. The van der Waals surface area contributed by atoms with Crippen LogP contribution in [0.4, 0.5) is 0 Å². The normalized spacial score (nSPS) is 15.5. The Morgan fingerprint density at radius 2 is 1.05 bits per heavy atom. The summed E-state index contributed by atoms with van der Waals surface area (Å²) in [6.07, 6.45) is 11.4. The van der Waals surface area contributed by atoms with Gasteiger partial charge in [-0.3, -0.25) is 4.79 Å². The van der Waals surface area contributed by atoms with Gasteiger partial charge in [0.25, 0.3) is 0 Å². The lowest BCUT2D eigenvalue weighted by atomic mass is 9.63. The van der Waals surface area contributed by atoms with Gasteiger partial charge in [0, 0.05) is 12.4 Å². The van der Waals surface area contributed by atoms with E-state index in [1.165, 1.54) is 57.8 Å². The molecule has 0 aliphatic rings. The van der Waals surface area contributed by atoms with Crippen LogP contribution in [-0.2, 0) is 19.2 Å². The van der Waals surface area contributed by atoms with Crippen molar-refractivity contribution in [1.29, 1.82) is 0 Å². The van der Waals surface area contributed by atoms with E-state index >= 15 is 0 Å². The standard InChI is InChI=1S/C27H48O10/c1-2-3-4-5-6-7-8-9-10-11-12-13-14-15-16-17-18-26(24(33)34,23(32)21(29)20-28)27(37,25(35)36)19-22(30)31/h21,28-29,37H,2-20H2,1H3,(H,30,31)(H,33,34)(H,35,36)/p-3. The van der Waals surface area contributed by atoms with Crippen LogP contribution in [0, 0.1) is 5.41 Å². The Labute approximate surface area is 220 Å². The predicted molar refractivity (Wildman–Crippen MR) is 129 cm³/mol. The van der Waals surface area contributed by atoms with Crippen LogP contribution >= 0.6 is 0 Å². The number of rotatable bonds is 25. The summed E-state index contributed by atoms with van der Waals surface area (Å²) in [6, 6.07) is 0. The summed E-state index contributed by atoms with van der Waals surface area (Å²) in [5, 5.41) is 64.2. The predicted octanol–water partition coefficient (Wildman–Crippen LogP) is -0.0824. The van der Waals surface area contributed by atoms with Crippen molar-refractivity contribution in [3.8, 4) is 0 Å². The molecule has 0 radical (unpaired) electrons. The molecule has 10 nitrogen and oxygen atoms in total. The van der Waals surface area contributed by atoms with Gasteiger partial charge in [0.2, 0.25) is 0 Å². The Morgan fingerprint density at radius 3 is 1.35 bits per heavy atom. The summed E-state index contributed by atoms with van der Waals surface area (Å²) >= 11 is 0. The van der Waals surface area contributed by atoms with Gasteiger partial charge in [-0.25, -0.2) is 0 Å². The van der Waals surface area contributed by atoms with Gasteiger partial charge < -0.3 is 45.0 Å². The number of carboxylic acid groups (broad SMARTS) is 3. The van der Waals surface area contributed by atoms with Crippen LogP contribution in [-0.4, -0.2) is 57.3 Å². The Kier molecular flexibility index (Phi) is 18.0. The molecule has 0 fully saturated rings. The van der Waals surface area contributed by atoms with Crippen molar-refractivity contribution in [3.05, 3.63) is 0 Å². The second-order valence-electron chi connectivity index (χ2n) is 10.0. The van der Waals surface area contributed by atoms with E-state index < -0.39 is 60.3 Å². The number of aliphatic hydroxyl groups is 3. The molecule has 3 unspecified atom stereocenters. The van der Waals surface area contributed by atoms with Crippen molar-refractivity contribution in [2.45, 2.75) is 134 Å². The van der Waals surface area contributed by atoms with Crippen molar-refractivity contribution in [1.82, 2.24) is 0 Å². The number of hydrogen-bond donors (Lipinski definition) is 3.